The number of hydrogen-bond donors (Lipinski definition) is 2. The van der Waals surface area contributed by atoms with Crippen molar-refractivity contribution >= 4 is 39.1 Å². The molecule has 0 unspecified atom stereocenters. The second-order valence-corrected chi connectivity index (χ2v) is 5.79. The molecule has 1 aromatic carbocycles. The normalized spacial score (nSPS) is 10.4. The predicted octanol–water partition coefficient (Wildman–Crippen LogP) is 3.53. The Kier molecular flexibility index (Phi) is 5.69. The van der Waals surface area contributed by atoms with Gasteiger partial charge in [0, 0.05) is 12.7 Å². The number of nitrogens with one attached hydrogen (secondary N) is 2. The van der Waals surface area contributed by atoms with Crippen molar-refractivity contribution in [2.45, 2.75) is 19.9 Å². The Balaban J connectivity index is 2.01. The molecule has 4 nitrogen and oxygen atoms in total. The zero-order valence-corrected chi connectivity index (χ0v) is 14.0. The highest BCUT2D eigenvalue weighted by molar-refractivity contribution is 9.10. The first-order valence-electron chi connectivity index (χ1n) is 6.60. The molecule has 0 atom stereocenters. The first-order chi connectivity index (χ1) is 10.1. The summed E-state index contributed by atoms with van der Waals surface area (Å²) < 4.78 is 15.5. The zero-order valence-electron chi connectivity index (χ0n) is 11.6. The smallest absolute Gasteiger partial charge is 0.172 e. The molecule has 0 bridgehead atoms. The maximum atomic E-state index is 12.9. The van der Waals surface area contributed by atoms with Crippen molar-refractivity contribution in [3.05, 3.63) is 46.3 Å². The average Bonchev–Trinajstić information content (AvgIpc) is 2.79. The first kappa shape index (κ1) is 15.9. The van der Waals surface area contributed by atoms with Gasteiger partial charge in [-0.05, 0) is 52.3 Å². The summed E-state index contributed by atoms with van der Waals surface area (Å²) in [5.41, 5.74) is 0.977. The van der Waals surface area contributed by atoms with E-state index in [0.717, 1.165) is 23.0 Å². The Morgan fingerprint density at radius 3 is 2.76 bits per heavy atom. The van der Waals surface area contributed by atoms with Crippen molar-refractivity contribution in [3.8, 4) is 0 Å². The summed E-state index contributed by atoms with van der Waals surface area (Å²) in [6, 6.07) is 6.37. The van der Waals surface area contributed by atoms with Gasteiger partial charge < -0.3 is 10.6 Å². The molecule has 2 aromatic rings. The Hall–Kier alpha value is -1.47. The van der Waals surface area contributed by atoms with Crippen LogP contribution in [0.2, 0.25) is 0 Å². The number of thiocarbonyl (C=S) groups is 1. The van der Waals surface area contributed by atoms with Gasteiger partial charge in [0.25, 0.3) is 0 Å². The monoisotopic (exact) mass is 370 g/mol. The van der Waals surface area contributed by atoms with Crippen LogP contribution in [0.3, 0.4) is 0 Å². The van der Waals surface area contributed by atoms with Gasteiger partial charge in [-0.1, -0.05) is 19.1 Å². The Bertz CT molecular complexity index is 612. The molecule has 112 valence electrons. The molecule has 0 radical (unpaired) electrons. The van der Waals surface area contributed by atoms with Crippen LogP contribution in [-0.2, 0) is 6.54 Å². The number of anilines is 1. The highest BCUT2D eigenvalue weighted by Gasteiger charge is 2.08. The lowest BCUT2D eigenvalue weighted by Gasteiger charge is -2.07. The number of hydrogen-bond acceptors (Lipinski definition) is 2. The zero-order chi connectivity index (χ0) is 15.2. The summed E-state index contributed by atoms with van der Waals surface area (Å²) in [5, 5.41) is 11.1. The average molecular weight is 371 g/mol. The molecule has 21 heavy (non-hydrogen) atoms. The fourth-order valence-corrected chi connectivity index (χ4v) is 2.34. The molecule has 0 aliphatic carbocycles. The second kappa shape index (κ2) is 7.51. The van der Waals surface area contributed by atoms with Crippen molar-refractivity contribution in [1.29, 1.82) is 0 Å². The lowest BCUT2D eigenvalue weighted by molar-refractivity contribution is 0.624. The van der Waals surface area contributed by atoms with Gasteiger partial charge >= 0.3 is 0 Å². The van der Waals surface area contributed by atoms with Crippen LogP contribution >= 0.6 is 28.1 Å². The fraction of sp³-hybridized carbons (Fsp3) is 0.286. The third-order valence-corrected chi connectivity index (χ3v) is 3.57. The minimum atomic E-state index is -0.241. The van der Waals surface area contributed by atoms with Crippen LogP contribution in [0, 0.1) is 5.82 Å². The van der Waals surface area contributed by atoms with Crippen molar-refractivity contribution in [1.82, 2.24) is 15.1 Å². The third-order valence-electron chi connectivity index (χ3n) is 2.74. The predicted molar refractivity (Wildman–Crippen MR) is 89.9 cm³/mol. The SMILES string of the molecule is CCCNC(=S)Nc1nn(Cc2ccc(F)cc2)cc1Br. The van der Waals surface area contributed by atoms with Gasteiger partial charge in [-0.3, -0.25) is 4.68 Å². The van der Waals surface area contributed by atoms with E-state index < -0.39 is 0 Å². The molecule has 1 aromatic heterocycles. The summed E-state index contributed by atoms with van der Waals surface area (Å²) in [7, 11) is 0. The van der Waals surface area contributed by atoms with E-state index in [1.165, 1.54) is 12.1 Å². The van der Waals surface area contributed by atoms with E-state index in [-0.39, 0.29) is 5.82 Å². The summed E-state index contributed by atoms with van der Waals surface area (Å²) in [4.78, 5) is 0. The summed E-state index contributed by atoms with van der Waals surface area (Å²) >= 11 is 8.63. The third kappa shape index (κ3) is 4.78. The van der Waals surface area contributed by atoms with Gasteiger partial charge in [0.2, 0.25) is 0 Å². The number of nitrogens with zero attached hydrogens (tertiary/aromatic N) is 2. The minimum Gasteiger partial charge on any atom is -0.362 e. The van der Waals surface area contributed by atoms with Crippen LogP contribution in [0.4, 0.5) is 10.2 Å². The molecule has 1 heterocycles. The molecule has 0 saturated carbocycles. The molecule has 0 aliphatic rings. The maximum Gasteiger partial charge on any atom is 0.172 e. The van der Waals surface area contributed by atoms with Crippen LogP contribution < -0.4 is 10.6 Å². The van der Waals surface area contributed by atoms with Crippen molar-refractivity contribution in [2.75, 3.05) is 11.9 Å². The van der Waals surface area contributed by atoms with Crippen LogP contribution in [-0.4, -0.2) is 21.4 Å². The van der Waals surface area contributed by atoms with E-state index in [0.29, 0.717) is 17.5 Å². The van der Waals surface area contributed by atoms with Crippen LogP contribution in [0.5, 0.6) is 0 Å². The molecule has 0 aliphatic heterocycles. The largest absolute Gasteiger partial charge is 0.362 e. The van der Waals surface area contributed by atoms with Crippen molar-refractivity contribution in [3.63, 3.8) is 0 Å². The number of benzene rings is 1. The van der Waals surface area contributed by atoms with E-state index in [1.54, 1.807) is 16.8 Å². The lowest BCUT2D eigenvalue weighted by Crippen LogP contribution is -2.29. The molecule has 0 fully saturated rings. The van der Waals surface area contributed by atoms with Gasteiger partial charge in [0.15, 0.2) is 10.9 Å². The molecule has 0 saturated heterocycles. The van der Waals surface area contributed by atoms with Gasteiger partial charge in [0.05, 0.1) is 11.0 Å². The van der Waals surface area contributed by atoms with E-state index in [4.69, 9.17) is 12.2 Å². The van der Waals surface area contributed by atoms with Gasteiger partial charge in [-0.25, -0.2) is 4.39 Å². The number of rotatable bonds is 5. The van der Waals surface area contributed by atoms with Gasteiger partial charge in [-0.15, -0.1) is 0 Å². The second-order valence-electron chi connectivity index (χ2n) is 4.53. The van der Waals surface area contributed by atoms with Crippen molar-refractivity contribution in [2.24, 2.45) is 0 Å². The molecule has 2 N–H and O–H groups in total. The first-order valence-corrected chi connectivity index (χ1v) is 7.81. The van der Waals surface area contributed by atoms with E-state index in [1.807, 2.05) is 6.20 Å². The molecule has 0 spiro atoms. The van der Waals surface area contributed by atoms with Crippen LogP contribution in [0.15, 0.2) is 34.9 Å². The molecule has 2 rings (SSSR count). The Morgan fingerprint density at radius 2 is 2.10 bits per heavy atom. The van der Waals surface area contributed by atoms with E-state index in [2.05, 4.69) is 38.6 Å². The Morgan fingerprint density at radius 1 is 1.38 bits per heavy atom. The molecular weight excluding hydrogens is 355 g/mol. The van der Waals surface area contributed by atoms with E-state index in [9.17, 15) is 4.39 Å². The topological polar surface area (TPSA) is 41.9 Å². The van der Waals surface area contributed by atoms with Crippen LogP contribution in [0.1, 0.15) is 18.9 Å². The molecule has 7 heteroatoms. The highest BCUT2D eigenvalue weighted by Crippen LogP contribution is 2.20. The quantitative estimate of drug-likeness (QED) is 0.790. The van der Waals surface area contributed by atoms with Gasteiger partial charge in [-0.2, -0.15) is 5.10 Å². The Labute approximate surface area is 136 Å². The standard InChI is InChI=1S/C14H16BrFN4S/c1-2-7-17-14(21)18-13-12(15)9-20(19-13)8-10-3-5-11(16)6-4-10/h3-6,9H,2,7-8H2,1H3,(H2,17,18,19,21). The maximum absolute atomic E-state index is 12.9. The number of aromatic nitrogens is 2. The molecular formula is C14H16BrFN4S. The minimum absolute atomic E-state index is 0.241. The number of halogens is 2. The van der Waals surface area contributed by atoms with Crippen molar-refractivity contribution < 1.29 is 4.39 Å². The van der Waals surface area contributed by atoms with Crippen LogP contribution in [0.25, 0.3) is 0 Å². The summed E-state index contributed by atoms with van der Waals surface area (Å²) in [6.07, 6.45) is 2.86. The highest BCUT2D eigenvalue weighted by atomic mass is 79.9. The lowest BCUT2D eigenvalue weighted by atomic mass is 10.2. The summed E-state index contributed by atoms with van der Waals surface area (Å²) in [6.45, 7) is 3.46. The fourth-order valence-electron chi connectivity index (χ4n) is 1.73. The summed E-state index contributed by atoms with van der Waals surface area (Å²) in [5.74, 6) is 0.417. The molecule has 0 amide bonds. The van der Waals surface area contributed by atoms with E-state index >= 15 is 0 Å². The van der Waals surface area contributed by atoms with Gasteiger partial charge in [0.1, 0.15) is 5.82 Å².